The number of amides is 1. The van der Waals surface area contributed by atoms with Crippen LogP contribution in [0, 0.1) is 12.8 Å². The van der Waals surface area contributed by atoms with Crippen molar-refractivity contribution < 1.29 is 17.6 Å². The van der Waals surface area contributed by atoms with E-state index in [0.29, 0.717) is 25.3 Å². The van der Waals surface area contributed by atoms with Crippen molar-refractivity contribution in [1.82, 2.24) is 14.5 Å². The number of thioether (sulfide) groups is 1. The first kappa shape index (κ1) is 22.5. The molecule has 1 aromatic heterocycles. The molecular formula is C22H24N4O4S2. The van der Waals surface area contributed by atoms with Crippen LogP contribution in [0.15, 0.2) is 62.7 Å². The molecule has 1 fully saturated rings. The maximum absolute atomic E-state index is 13.0. The van der Waals surface area contributed by atoms with Gasteiger partial charge >= 0.3 is 6.01 Å². The van der Waals surface area contributed by atoms with Gasteiger partial charge in [0.15, 0.2) is 0 Å². The number of carbonyl (C=O) groups excluding carboxylic acids is 1. The van der Waals surface area contributed by atoms with Gasteiger partial charge in [0.25, 0.3) is 0 Å². The summed E-state index contributed by atoms with van der Waals surface area (Å²) < 4.78 is 32.9. The Kier molecular flexibility index (Phi) is 6.63. The van der Waals surface area contributed by atoms with E-state index < -0.39 is 15.9 Å². The lowest BCUT2D eigenvalue weighted by Gasteiger charge is -2.30. The zero-order valence-corrected chi connectivity index (χ0v) is 19.4. The fourth-order valence-electron chi connectivity index (χ4n) is 3.57. The number of nitrogens with one attached hydrogen (secondary N) is 1. The van der Waals surface area contributed by atoms with Gasteiger partial charge in [-0.1, -0.05) is 22.8 Å². The maximum atomic E-state index is 13.0. The van der Waals surface area contributed by atoms with Gasteiger partial charge in [0, 0.05) is 23.5 Å². The SMILES string of the molecule is CSc1ccc(-c2nnc(NC(=O)C3CCCN(S(=O)(=O)c4ccc(C)cc4)C3)o2)cc1. The number of rotatable bonds is 6. The lowest BCUT2D eigenvalue weighted by molar-refractivity contribution is -0.121. The molecule has 3 aromatic rings. The number of benzene rings is 2. The molecule has 0 bridgehead atoms. The second-order valence-electron chi connectivity index (χ2n) is 7.65. The minimum atomic E-state index is -3.66. The van der Waals surface area contributed by atoms with E-state index in [4.69, 9.17) is 4.42 Å². The molecule has 0 saturated carbocycles. The van der Waals surface area contributed by atoms with Crippen LogP contribution in [0.4, 0.5) is 6.01 Å². The Bertz CT molecular complexity index is 1190. The molecule has 2 aromatic carbocycles. The van der Waals surface area contributed by atoms with Crippen molar-refractivity contribution in [3.8, 4) is 11.5 Å². The number of aryl methyl sites for hydroxylation is 1. The van der Waals surface area contributed by atoms with E-state index in [-0.39, 0.29) is 23.4 Å². The summed E-state index contributed by atoms with van der Waals surface area (Å²) in [5, 5.41) is 10.5. The number of carbonyl (C=O) groups is 1. The molecule has 168 valence electrons. The molecule has 32 heavy (non-hydrogen) atoms. The summed E-state index contributed by atoms with van der Waals surface area (Å²) in [4.78, 5) is 14.1. The smallest absolute Gasteiger partial charge is 0.322 e. The normalized spacial score (nSPS) is 17.2. The average molecular weight is 473 g/mol. The molecule has 1 aliphatic rings. The van der Waals surface area contributed by atoms with Crippen molar-refractivity contribution in [3.63, 3.8) is 0 Å². The van der Waals surface area contributed by atoms with E-state index in [1.807, 2.05) is 37.4 Å². The van der Waals surface area contributed by atoms with E-state index >= 15 is 0 Å². The number of anilines is 1. The fraction of sp³-hybridized carbons (Fsp3) is 0.318. The van der Waals surface area contributed by atoms with Crippen LogP contribution in [0.1, 0.15) is 18.4 Å². The van der Waals surface area contributed by atoms with Crippen molar-refractivity contribution in [2.24, 2.45) is 5.92 Å². The molecule has 1 unspecified atom stereocenters. The Morgan fingerprint density at radius 3 is 2.53 bits per heavy atom. The Morgan fingerprint density at radius 2 is 1.84 bits per heavy atom. The highest BCUT2D eigenvalue weighted by Crippen LogP contribution is 2.26. The van der Waals surface area contributed by atoms with Crippen LogP contribution in [0.25, 0.3) is 11.5 Å². The standard InChI is InChI=1S/C22H24N4O4S2/c1-15-5-11-19(12-6-15)32(28,29)26-13-3-4-17(14-26)20(27)23-22-25-24-21(30-22)16-7-9-18(31-2)10-8-16/h5-12,17H,3-4,13-14H2,1-2H3,(H,23,25,27). The number of nitrogens with zero attached hydrogens (tertiary/aromatic N) is 3. The molecule has 1 atom stereocenters. The Balaban J connectivity index is 1.42. The minimum Gasteiger partial charge on any atom is -0.403 e. The molecule has 1 N–H and O–H groups in total. The first-order valence-electron chi connectivity index (χ1n) is 10.2. The van der Waals surface area contributed by atoms with E-state index in [1.165, 1.54) is 4.31 Å². The lowest BCUT2D eigenvalue weighted by Crippen LogP contribution is -2.43. The number of hydrogen-bond acceptors (Lipinski definition) is 7. The van der Waals surface area contributed by atoms with Crippen molar-refractivity contribution >= 4 is 33.7 Å². The van der Waals surface area contributed by atoms with E-state index in [9.17, 15) is 13.2 Å². The minimum absolute atomic E-state index is 0.00235. The summed E-state index contributed by atoms with van der Waals surface area (Å²) in [5.41, 5.74) is 1.74. The number of aromatic nitrogens is 2. The number of piperidine rings is 1. The van der Waals surface area contributed by atoms with Gasteiger partial charge in [-0.25, -0.2) is 8.42 Å². The summed E-state index contributed by atoms with van der Waals surface area (Å²) in [5.74, 6) is -0.526. The second-order valence-corrected chi connectivity index (χ2v) is 10.5. The fourth-order valence-corrected chi connectivity index (χ4v) is 5.50. The highest BCUT2D eigenvalue weighted by Gasteiger charge is 2.33. The highest BCUT2D eigenvalue weighted by molar-refractivity contribution is 7.98. The zero-order valence-electron chi connectivity index (χ0n) is 17.8. The molecule has 0 radical (unpaired) electrons. The van der Waals surface area contributed by atoms with Crippen LogP contribution in [0.5, 0.6) is 0 Å². The monoisotopic (exact) mass is 472 g/mol. The van der Waals surface area contributed by atoms with E-state index in [2.05, 4.69) is 15.5 Å². The van der Waals surface area contributed by atoms with Crippen LogP contribution < -0.4 is 5.32 Å². The van der Waals surface area contributed by atoms with Gasteiger partial charge in [-0.15, -0.1) is 16.9 Å². The third-order valence-electron chi connectivity index (χ3n) is 5.41. The zero-order chi connectivity index (χ0) is 22.7. The van der Waals surface area contributed by atoms with Gasteiger partial charge in [-0.2, -0.15) is 4.31 Å². The summed E-state index contributed by atoms with van der Waals surface area (Å²) in [7, 11) is -3.66. The summed E-state index contributed by atoms with van der Waals surface area (Å²) in [6.07, 6.45) is 3.18. The van der Waals surface area contributed by atoms with Gasteiger partial charge < -0.3 is 4.42 Å². The molecular weight excluding hydrogens is 448 g/mol. The summed E-state index contributed by atoms with van der Waals surface area (Å²) >= 11 is 1.63. The number of hydrogen-bond donors (Lipinski definition) is 1. The van der Waals surface area contributed by atoms with Crippen molar-refractivity contribution in [2.45, 2.75) is 29.6 Å². The molecule has 1 amide bonds. The second kappa shape index (κ2) is 9.43. The molecule has 4 rings (SSSR count). The maximum Gasteiger partial charge on any atom is 0.322 e. The molecule has 2 heterocycles. The lowest BCUT2D eigenvalue weighted by atomic mass is 9.99. The predicted octanol–water partition coefficient (Wildman–Crippen LogP) is 3.81. The first-order chi connectivity index (χ1) is 15.4. The number of sulfonamides is 1. The molecule has 0 spiro atoms. The highest BCUT2D eigenvalue weighted by atomic mass is 32.2. The van der Waals surface area contributed by atoms with Crippen LogP contribution in [0.2, 0.25) is 0 Å². The van der Waals surface area contributed by atoms with Gasteiger partial charge in [-0.05, 0) is 62.4 Å². The van der Waals surface area contributed by atoms with Gasteiger partial charge in [-0.3, -0.25) is 10.1 Å². The Morgan fingerprint density at radius 1 is 1.12 bits per heavy atom. The van der Waals surface area contributed by atoms with E-state index in [1.54, 1.807) is 36.0 Å². The molecule has 8 nitrogen and oxygen atoms in total. The third kappa shape index (κ3) is 4.87. The van der Waals surface area contributed by atoms with Crippen molar-refractivity contribution in [3.05, 3.63) is 54.1 Å². The first-order valence-corrected chi connectivity index (χ1v) is 12.9. The Labute approximate surface area is 191 Å². The van der Waals surface area contributed by atoms with Gasteiger partial charge in [0.1, 0.15) is 0 Å². The topological polar surface area (TPSA) is 105 Å². The molecule has 10 heteroatoms. The molecule has 1 aliphatic heterocycles. The van der Waals surface area contributed by atoms with Gasteiger partial charge in [0.05, 0.1) is 10.8 Å². The van der Waals surface area contributed by atoms with Crippen molar-refractivity contribution in [1.29, 1.82) is 0 Å². The summed E-state index contributed by atoms with van der Waals surface area (Å²) in [6.45, 7) is 2.40. The molecule has 1 saturated heterocycles. The van der Waals surface area contributed by atoms with Crippen LogP contribution >= 0.6 is 11.8 Å². The van der Waals surface area contributed by atoms with Crippen molar-refractivity contribution in [2.75, 3.05) is 24.7 Å². The quantitative estimate of drug-likeness (QED) is 0.544. The molecule has 0 aliphatic carbocycles. The van der Waals surface area contributed by atoms with Gasteiger partial charge in [0.2, 0.25) is 21.8 Å². The third-order valence-corrected chi connectivity index (χ3v) is 8.03. The largest absolute Gasteiger partial charge is 0.403 e. The van der Waals surface area contributed by atoms with Crippen LogP contribution in [-0.2, 0) is 14.8 Å². The van der Waals surface area contributed by atoms with Crippen LogP contribution in [-0.4, -0.2) is 48.2 Å². The Hall–Kier alpha value is -2.69. The average Bonchev–Trinajstić information content (AvgIpc) is 3.28. The summed E-state index contributed by atoms with van der Waals surface area (Å²) in [6, 6.07) is 14.4. The van der Waals surface area contributed by atoms with E-state index in [0.717, 1.165) is 16.0 Å². The predicted molar refractivity (Wildman–Crippen MR) is 123 cm³/mol. The van der Waals surface area contributed by atoms with Crippen LogP contribution in [0.3, 0.4) is 0 Å².